The van der Waals surface area contributed by atoms with Crippen molar-refractivity contribution in [3.8, 4) is 5.75 Å². The minimum absolute atomic E-state index is 0.257. The van der Waals surface area contributed by atoms with Crippen LogP contribution < -0.4 is 4.74 Å². The van der Waals surface area contributed by atoms with Crippen molar-refractivity contribution in [1.82, 2.24) is 15.0 Å². The highest BCUT2D eigenvalue weighted by Gasteiger charge is 2.04. The highest BCUT2D eigenvalue weighted by Crippen LogP contribution is 2.19. The Morgan fingerprint density at radius 2 is 2.25 bits per heavy atom. The zero-order valence-corrected chi connectivity index (χ0v) is 9.14. The van der Waals surface area contributed by atoms with E-state index >= 15 is 0 Å². The summed E-state index contributed by atoms with van der Waals surface area (Å²) in [7, 11) is 1.79. The van der Waals surface area contributed by atoms with Crippen LogP contribution in [0.4, 0.5) is 4.39 Å². The first-order chi connectivity index (χ1) is 7.66. The van der Waals surface area contributed by atoms with Crippen LogP contribution in [0.15, 0.2) is 24.4 Å². The van der Waals surface area contributed by atoms with E-state index in [0.29, 0.717) is 12.4 Å². The first-order valence-electron chi connectivity index (χ1n) is 4.89. The van der Waals surface area contributed by atoms with Gasteiger partial charge in [0.25, 0.3) is 0 Å². The first-order valence-corrected chi connectivity index (χ1v) is 4.89. The van der Waals surface area contributed by atoms with Crippen molar-refractivity contribution in [1.29, 1.82) is 0 Å². The Kier molecular flexibility index (Phi) is 2.85. The van der Waals surface area contributed by atoms with Gasteiger partial charge in [0.1, 0.15) is 18.2 Å². The van der Waals surface area contributed by atoms with Crippen LogP contribution in [-0.4, -0.2) is 15.0 Å². The Labute approximate surface area is 92.7 Å². The van der Waals surface area contributed by atoms with E-state index in [9.17, 15) is 4.39 Å². The molecule has 5 heteroatoms. The summed E-state index contributed by atoms with van der Waals surface area (Å²) in [5.74, 6) is 0.412. The van der Waals surface area contributed by atoms with Gasteiger partial charge in [-0.15, -0.1) is 5.10 Å². The number of benzene rings is 1. The summed E-state index contributed by atoms with van der Waals surface area (Å²) in [6.45, 7) is 2.18. The van der Waals surface area contributed by atoms with E-state index in [1.807, 2.05) is 0 Å². The molecular weight excluding hydrogens is 209 g/mol. The van der Waals surface area contributed by atoms with E-state index < -0.39 is 0 Å². The maximum absolute atomic E-state index is 12.8. The van der Waals surface area contributed by atoms with Crippen LogP contribution in [0.3, 0.4) is 0 Å². The van der Waals surface area contributed by atoms with Gasteiger partial charge in [-0.2, -0.15) is 0 Å². The molecule has 4 nitrogen and oxygen atoms in total. The van der Waals surface area contributed by atoms with Gasteiger partial charge in [-0.3, -0.25) is 0 Å². The van der Waals surface area contributed by atoms with Crippen molar-refractivity contribution in [3.63, 3.8) is 0 Å². The molecule has 0 spiro atoms. The second kappa shape index (κ2) is 4.30. The molecule has 1 aromatic carbocycles. The highest BCUT2D eigenvalue weighted by molar-refractivity contribution is 5.32. The smallest absolute Gasteiger partial charge is 0.132 e. The second-order valence-corrected chi connectivity index (χ2v) is 3.55. The molecule has 1 aromatic heterocycles. The van der Waals surface area contributed by atoms with Crippen LogP contribution in [0, 0.1) is 12.7 Å². The molecule has 2 rings (SSSR count). The zero-order valence-electron chi connectivity index (χ0n) is 9.14. The molecule has 0 bridgehead atoms. The van der Waals surface area contributed by atoms with Crippen LogP contribution in [-0.2, 0) is 13.7 Å². The molecule has 2 aromatic rings. The lowest BCUT2D eigenvalue weighted by atomic mass is 10.2. The second-order valence-electron chi connectivity index (χ2n) is 3.55. The molecule has 0 aliphatic rings. The molecule has 0 N–H and O–H groups in total. The normalized spacial score (nSPS) is 10.4. The predicted molar refractivity (Wildman–Crippen MR) is 56.5 cm³/mol. The lowest BCUT2D eigenvalue weighted by molar-refractivity contribution is 0.292. The van der Waals surface area contributed by atoms with Gasteiger partial charge < -0.3 is 4.74 Å². The third-order valence-electron chi connectivity index (χ3n) is 2.32. The summed E-state index contributed by atoms with van der Waals surface area (Å²) in [6.07, 6.45) is 1.64. The van der Waals surface area contributed by atoms with E-state index in [0.717, 1.165) is 11.3 Å². The highest BCUT2D eigenvalue weighted by atomic mass is 19.1. The van der Waals surface area contributed by atoms with Crippen LogP contribution in [0.2, 0.25) is 0 Å². The number of rotatable bonds is 3. The Morgan fingerprint density at radius 3 is 2.88 bits per heavy atom. The maximum atomic E-state index is 12.8. The summed E-state index contributed by atoms with van der Waals surface area (Å²) < 4.78 is 20.0. The van der Waals surface area contributed by atoms with Gasteiger partial charge in [-0.1, -0.05) is 5.21 Å². The Balaban J connectivity index is 2.08. The van der Waals surface area contributed by atoms with Gasteiger partial charge in [0.2, 0.25) is 0 Å². The lowest BCUT2D eigenvalue weighted by Crippen LogP contribution is -2.03. The first kappa shape index (κ1) is 10.6. The maximum Gasteiger partial charge on any atom is 0.132 e. The summed E-state index contributed by atoms with van der Waals surface area (Å²) >= 11 is 0. The number of aryl methyl sites for hydroxylation is 2. The standard InChI is InChI=1S/C11H12FN3O/c1-8-5-9(12)3-4-11(8)16-7-10-6-13-14-15(10)2/h3-6H,7H2,1-2H3. The molecule has 0 atom stereocenters. The molecule has 0 unspecified atom stereocenters. The van der Waals surface area contributed by atoms with Crippen LogP contribution in [0.1, 0.15) is 11.3 Å². The molecule has 1 heterocycles. The number of ether oxygens (including phenoxy) is 1. The molecule has 0 saturated carbocycles. The number of aromatic nitrogens is 3. The molecule has 0 amide bonds. The summed E-state index contributed by atoms with van der Waals surface area (Å²) in [5.41, 5.74) is 1.64. The minimum Gasteiger partial charge on any atom is -0.487 e. The number of halogens is 1. The molecule has 0 aliphatic heterocycles. The van der Waals surface area contributed by atoms with Gasteiger partial charge >= 0.3 is 0 Å². The van der Waals surface area contributed by atoms with Crippen LogP contribution in [0.25, 0.3) is 0 Å². The lowest BCUT2D eigenvalue weighted by Gasteiger charge is -2.08. The molecule has 84 valence electrons. The largest absolute Gasteiger partial charge is 0.487 e. The number of hydrogen-bond acceptors (Lipinski definition) is 3. The van der Waals surface area contributed by atoms with Crippen molar-refractivity contribution in [3.05, 3.63) is 41.5 Å². The van der Waals surface area contributed by atoms with E-state index in [1.54, 1.807) is 30.9 Å². The molecule has 0 fully saturated rings. The fraction of sp³-hybridized carbons (Fsp3) is 0.273. The molecule has 0 saturated heterocycles. The topological polar surface area (TPSA) is 39.9 Å². The Morgan fingerprint density at radius 1 is 1.44 bits per heavy atom. The number of nitrogens with zero attached hydrogens (tertiary/aromatic N) is 3. The Hall–Kier alpha value is -1.91. The third kappa shape index (κ3) is 2.18. The SMILES string of the molecule is Cc1cc(F)ccc1OCc1cnnn1C. The van der Waals surface area contributed by atoms with E-state index in [2.05, 4.69) is 10.3 Å². The molecular formula is C11H12FN3O. The average molecular weight is 221 g/mol. The van der Waals surface area contributed by atoms with Crippen LogP contribution >= 0.6 is 0 Å². The summed E-state index contributed by atoms with van der Waals surface area (Å²) in [6, 6.07) is 4.44. The molecule has 0 aliphatic carbocycles. The van der Waals surface area contributed by atoms with E-state index in [4.69, 9.17) is 4.74 Å². The van der Waals surface area contributed by atoms with E-state index in [1.165, 1.54) is 12.1 Å². The number of hydrogen-bond donors (Lipinski definition) is 0. The third-order valence-corrected chi connectivity index (χ3v) is 2.32. The fourth-order valence-corrected chi connectivity index (χ4v) is 1.37. The van der Waals surface area contributed by atoms with Crippen molar-refractivity contribution in [2.45, 2.75) is 13.5 Å². The van der Waals surface area contributed by atoms with Gasteiger partial charge in [-0.05, 0) is 30.7 Å². The fourth-order valence-electron chi connectivity index (χ4n) is 1.37. The minimum atomic E-state index is -0.257. The molecule has 16 heavy (non-hydrogen) atoms. The van der Waals surface area contributed by atoms with Gasteiger partial charge in [0.15, 0.2) is 0 Å². The van der Waals surface area contributed by atoms with Crippen LogP contribution in [0.5, 0.6) is 5.75 Å². The molecule has 0 radical (unpaired) electrons. The zero-order chi connectivity index (χ0) is 11.5. The quantitative estimate of drug-likeness (QED) is 0.794. The predicted octanol–water partition coefficient (Wildman–Crippen LogP) is 1.84. The van der Waals surface area contributed by atoms with E-state index in [-0.39, 0.29) is 5.82 Å². The average Bonchev–Trinajstić information content (AvgIpc) is 2.63. The summed E-state index contributed by atoms with van der Waals surface area (Å²) in [5, 5.41) is 7.54. The monoisotopic (exact) mass is 221 g/mol. The van der Waals surface area contributed by atoms with Gasteiger partial charge in [0.05, 0.1) is 11.9 Å². The Bertz CT molecular complexity index is 496. The van der Waals surface area contributed by atoms with Crippen molar-refractivity contribution in [2.24, 2.45) is 7.05 Å². The van der Waals surface area contributed by atoms with Gasteiger partial charge in [0, 0.05) is 7.05 Å². The van der Waals surface area contributed by atoms with Gasteiger partial charge in [-0.25, -0.2) is 9.07 Å². The summed E-state index contributed by atoms with van der Waals surface area (Å²) in [4.78, 5) is 0. The van der Waals surface area contributed by atoms with Crippen molar-refractivity contribution in [2.75, 3.05) is 0 Å². The van der Waals surface area contributed by atoms with Crippen molar-refractivity contribution < 1.29 is 9.13 Å². The van der Waals surface area contributed by atoms with Crippen molar-refractivity contribution >= 4 is 0 Å².